The van der Waals surface area contributed by atoms with E-state index in [9.17, 15) is 8.42 Å². The van der Waals surface area contributed by atoms with Crippen molar-refractivity contribution in [3.05, 3.63) is 96.7 Å². The van der Waals surface area contributed by atoms with Gasteiger partial charge >= 0.3 is 0 Å². The number of rotatable bonds is 5. The van der Waals surface area contributed by atoms with Gasteiger partial charge in [-0.1, -0.05) is 43.0 Å². The van der Waals surface area contributed by atoms with E-state index in [4.69, 9.17) is 10.5 Å². The summed E-state index contributed by atoms with van der Waals surface area (Å²) in [4.78, 5) is 0.198. The molecular weight excluding hydrogens is 384 g/mol. The summed E-state index contributed by atoms with van der Waals surface area (Å²) < 4.78 is 33.8. The number of hydrogen-bond donors (Lipinski definition) is 1. The standard InChI is InChI=1S/C23H20N2O3S/c1-16(20-10-6-7-11-21(20)24)23-15-17-14-18(28-2)12-13-22(17)25(23)29(26,27)19-8-4-3-5-9-19/h3-15H,1,24H2,2H3. The Labute approximate surface area is 169 Å². The Balaban J connectivity index is 2.03. The van der Waals surface area contributed by atoms with Crippen molar-refractivity contribution in [2.45, 2.75) is 4.90 Å². The molecule has 0 bridgehead atoms. The first-order valence-electron chi connectivity index (χ1n) is 8.98. The van der Waals surface area contributed by atoms with Gasteiger partial charge in [0.05, 0.1) is 23.2 Å². The van der Waals surface area contributed by atoms with Crippen LogP contribution in [0.1, 0.15) is 11.3 Å². The number of ether oxygens (including phenoxy) is 1. The van der Waals surface area contributed by atoms with E-state index >= 15 is 0 Å². The van der Waals surface area contributed by atoms with Crippen LogP contribution in [0.3, 0.4) is 0 Å². The molecule has 0 radical (unpaired) electrons. The lowest BCUT2D eigenvalue weighted by atomic mass is 10.0. The lowest BCUT2D eigenvalue weighted by molar-refractivity contribution is 0.415. The Bertz CT molecular complexity index is 1320. The molecule has 0 amide bonds. The summed E-state index contributed by atoms with van der Waals surface area (Å²) >= 11 is 0. The lowest BCUT2D eigenvalue weighted by Crippen LogP contribution is -2.15. The number of hydrogen-bond acceptors (Lipinski definition) is 4. The fourth-order valence-electron chi connectivity index (χ4n) is 3.37. The molecule has 2 N–H and O–H groups in total. The first-order chi connectivity index (χ1) is 13.9. The molecule has 0 unspecified atom stereocenters. The van der Waals surface area contributed by atoms with E-state index in [1.54, 1.807) is 67.8 Å². The second-order valence-corrected chi connectivity index (χ2v) is 8.39. The van der Waals surface area contributed by atoms with Gasteiger partial charge in [0.2, 0.25) is 0 Å². The number of anilines is 1. The van der Waals surface area contributed by atoms with Gasteiger partial charge in [0.15, 0.2) is 0 Å². The molecule has 0 aliphatic carbocycles. The third kappa shape index (κ3) is 3.17. The third-order valence-corrected chi connectivity index (χ3v) is 6.58. The van der Waals surface area contributed by atoms with E-state index in [1.807, 2.05) is 18.2 Å². The molecule has 6 heteroatoms. The molecule has 0 aliphatic rings. The van der Waals surface area contributed by atoms with E-state index in [1.165, 1.54) is 3.97 Å². The van der Waals surface area contributed by atoms with E-state index in [0.29, 0.717) is 33.8 Å². The van der Waals surface area contributed by atoms with Gasteiger partial charge in [0.25, 0.3) is 10.0 Å². The predicted octanol–water partition coefficient (Wildman–Crippen LogP) is 4.53. The zero-order valence-electron chi connectivity index (χ0n) is 15.9. The number of aromatic nitrogens is 1. The Morgan fingerprint density at radius 2 is 1.66 bits per heavy atom. The minimum atomic E-state index is -3.86. The molecule has 0 fully saturated rings. The number of benzene rings is 3. The van der Waals surface area contributed by atoms with Crippen LogP contribution < -0.4 is 10.5 Å². The largest absolute Gasteiger partial charge is 0.497 e. The van der Waals surface area contributed by atoms with E-state index in [-0.39, 0.29) is 4.90 Å². The minimum Gasteiger partial charge on any atom is -0.497 e. The summed E-state index contributed by atoms with van der Waals surface area (Å²) in [5.41, 5.74) is 8.87. The lowest BCUT2D eigenvalue weighted by Gasteiger charge is -2.15. The van der Waals surface area contributed by atoms with Crippen molar-refractivity contribution >= 4 is 32.2 Å². The highest BCUT2D eigenvalue weighted by atomic mass is 32.2. The van der Waals surface area contributed by atoms with Crippen molar-refractivity contribution in [1.82, 2.24) is 3.97 Å². The van der Waals surface area contributed by atoms with Crippen LogP contribution in [0.5, 0.6) is 5.75 Å². The maximum absolute atomic E-state index is 13.6. The zero-order chi connectivity index (χ0) is 20.6. The normalized spacial score (nSPS) is 11.5. The van der Waals surface area contributed by atoms with Crippen molar-refractivity contribution in [3.63, 3.8) is 0 Å². The fourth-order valence-corrected chi connectivity index (χ4v) is 4.93. The maximum atomic E-state index is 13.6. The highest BCUT2D eigenvalue weighted by molar-refractivity contribution is 7.90. The van der Waals surface area contributed by atoms with Crippen molar-refractivity contribution in [3.8, 4) is 5.75 Å². The summed E-state index contributed by atoms with van der Waals surface area (Å²) in [6.45, 7) is 4.17. The summed E-state index contributed by atoms with van der Waals surface area (Å²) in [6, 6.07) is 22.7. The summed E-state index contributed by atoms with van der Waals surface area (Å²) in [5.74, 6) is 0.642. The average Bonchev–Trinajstić information content (AvgIpc) is 3.13. The number of methoxy groups -OCH3 is 1. The highest BCUT2D eigenvalue weighted by Crippen LogP contribution is 2.35. The summed E-state index contributed by atoms with van der Waals surface area (Å²) in [6.07, 6.45) is 0. The van der Waals surface area contributed by atoms with Crippen LogP contribution in [0, 0.1) is 0 Å². The monoisotopic (exact) mass is 404 g/mol. The van der Waals surface area contributed by atoms with Crippen LogP contribution in [0.4, 0.5) is 5.69 Å². The van der Waals surface area contributed by atoms with Crippen LogP contribution in [0.25, 0.3) is 16.5 Å². The van der Waals surface area contributed by atoms with Gasteiger partial charge < -0.3 is 10.5 Å². The number of fused-ring (bicyclic) bond motifs is 1. The van der Waals surface area contributed by atoms with Gasteiger partial charge in [-0.25, -0.2) is 12.4 Å². The summed E-state index contributed by atoms with van der Waals surface area (Å²) in [5, 5.41) is 0.731. The summed E-state index contributed by atoms with van der Waals surface area (Å²) in [7, 11) is -2.29. The maximum Gasteiger partial charge on any atom is 0.268 e. The SMILES string of the molecule is C=C(c1ccccc1N)c1cc2cc(OC)ccc2n1S(=O)(=O)c1ccccc1. The molecule has 0 atom stereocenters. The quantitative estimate of drug-likeness (QED) is 0.496. The molecule has 29 heavy (non-hydrogen) atoms. The van der Waals surface area contributed by atoms with E-state index in [2.05, 4.69) is 6.58 Å². The van der Waals surface area contributed by atoms with Crippen LogP contribution in [-0.4, -0.2) is 19.5 Å². The Kier molecular flexibility index (Phi) is 4.64. The van der Waals surface area contributed by atoms with Gasteiger partial charge in [-0.15, -0.1) is 0 Å². The molecule has 3 aromatic carbocycles. The number of para-hydroxylation sites is 1. The second kappa shape index (κ2) is 7.14. The van der Waals surface area contributed by atoms with Crippen molar-refractivity contribution in [2.24, 2.45) is 0 Å². The molecule has 4 aromatic rings. The second-order valence-electron chi connectivity index (χ2n) is 6.60. The Morgan fingerprint density at radius 1 is 0.966 bits per heavy atom. The Morgan fingerprint density at radius 3 is 2.34 bits per heavy atom. The van der Waals surface area contributed by atoms with Gasteiger partial charge in [-0.2, -0.15) is 0 Å². The van der Waals surface area contributed by atoms with Gasteiger partial charge in [-0.05, 0) is 42.5 Å². The van der Waals surface area contributed by atoms with Crippen LogP contribution in [0.2, 0.25) is 0 Å². The van der Waals surface area contributed by atoms with Crippen LogP contribution >= 0.6 is 0 Å². The first-order valence-corrected chi connectivity index (χ1v) is 10.4. The van der Waals surface area contributed by atoms with Crippen molar-refractivity contribution in [2.75, 3.05) is 12.8 Å². The molecule has 0 aliphatic heterocycles. The number of nitrogens with zero attached hydrogens (tertiary/aromatic N) is 1. The van der Waals surface area contributed by atoms with Gasteiger partial charge in [-0.3, -0.25) is 0 Å². The molecule has 0 saturated carbocycles. The number of nitrogens with two attached hydrogens (primary N) is 1. The molecule has 146 valence electrons. The first kappa shape index (κ1) is 18.8. The molecule has 1 heterocycles. The fraction of sp³-hybridized carbons (Fsp3) is 0.0435. The highest BCUT2D eigenvalue weighted by Gasteiger charge is 2.25. The molecule has 5 nitrogen and oxygen atoms in total. The predicted molar refractivity (Wildman–Crippen MR) is 117 cm³/mol. The minimum absolute atomic E-state index is 0.198. The van der Waals surface area contributed by atoms with Gasteiger partial charge in [0.1, 0.15) is 5.75 Å². The Hall–Kier alpha value is -3.51. The molecule has 1 aromatic heterocycles. The zero-order valence-corrected chi connectivity index (χ0v) is 16.7. The number of nitrogen functional groups attached to an aromatic ring is 1. The van der Waals surface area contributed by atoms with Crippen molar-refractivity contribution < 1.29 is 13.2 Å². The molecule has 0 spiro atoms. The molecule has 4 rings (SSSR count). The smallest absolute Gasteiger partial charge is 0.268 e. The molecule has 0 saturated heterocycles. The van der Waals surface area contributed by atoms with E-state index in [0.717, 1.165) is 5.39 Å². The van der Waals surface area contributed by atoms with Crippen LogP contribution in [0.15, 0.2) is 90.3 Å². The van der Waals surface area contributed by atoms with Crippen molar-refractivity contribution in [1.29, 1.82) is 0 Å². The average molecular weight is 404 g/mol. The third-order valence-electron chi connectivity index (χ3n) is 4.84. The topological polar surface area (TPSA) is 74.3 Å². The van der Waals surface area contributed by atoms with Crippen LogP contribution in [-0.2, 0) is 10.0 Å². The molecular formula is C23H20N2O3S. The van der Waals surface area contributed by atoms with E-state index < -0.39 is 10.0 Å². The van der Waals surface area contributed by atoms with Gasteiger partial charge in [0, 0.05) is 22.2 Å².